The van der Waals surface area contributed by atoms with Gasteiger partial charge in [0, 0.05) is 31.5 Å². The normalized spacial score (nSPS) is 30.5. The highest BCUT2D eigenvalue weighted by Crippen LogP contribution is 2.32. The molecule has 0 aromatic heterocycles. The van der Waals surface area contributed by atoms with Crippen LogP contribution < -0.4 is 10.6 Å². The van der Waals surface area contributed by atoms with Crippen molar-refractivity contribution in [1.82, 2.24) is 10.6 Å². The molecule has 2 aliphatic rings. The van der Waals surface area contributed by atoms with E-state index in [1.165, 1.54) is 25.7 Å². The minimum Gasteiger partial charge on any atom is -0.355 e. The first-order valence-electron chi connectivity index (χ1n) is 6.70. The molecule has 1 amide bonds. The Kier molecular flexibility index (Phi) is 4.44. The van der Waals surface area contributed by atoms with Crippen LogP contribution in [0.2, 0.25) is 0 Å². The molecular weight excluding hydrogens is 212 g/mol. The minimum absolute atomic E-state index is 0.203. The van der Waals surface area contributed by atoms with Crippen molar-refractivity contribution in [2.45, 2.75) is 57.5 Å². The lowest BCUT2D eigenvalue weighted by molar-refractivity contribution is -0.122. The maximum atomic E-state index is 11.7. The molecule has 0 aliphatic carbocycles. The number of amides is 1. The fourth-order valence-electron chi connectivity index (χ4n) is 3.07. The molecule has 2 rings (SSSR count). The van der Waals surface area contributed by atoms with Crippen LogP contribution in [0.25, 0.3) is 0 Å². The zero-order chi connectivity index (χ0) is 12.1. The number of rotatable bonds is 4. The maximum absolute atomic E-state index is 11.7. The second-order valence-electron chi connectivity index (χ2n) is 5.21. The monoisotopic (exact) mass is 234 g/mol. The SMILES string of the molecule is CC#CCCNC(=O)CC1CC2CCC(C1)N2. The summed E-state index contributed by atoms with van der Waals surface area (Å²) >= 11 is 0. The van der Waals surface area contributed by atoms with Crippen molar-refractivity contribution in [2.75, 3.05) is 6.54 Å². The smallest absolute Gasteiger partial charge is 0.220 e. The van der Waals surface area contributed by atoms with E-state index in [1.807, 2.05) is 6.92 Å². The van der Waals surface area contributed by atoms with Gasteiger partial charge < -0.3 is 10.6 Å². The molecule has 3 nitrogen and oxygen atoms in total. The van der Waals surface area contributed by atoms with Gasteiger partial charge in [-0.15, -0.1) is 11.8 Å². The first-order valence-corrected chi connectivity index (χ1v) is 6.70. The summed E-state index contributed by atoms with van der Waals surface area (Å²) in [5.74, 6) is 6.58. The van der Waals surface area contributed by atoms with Crippen molar-refractivity contribution in [3.8, 4) is 11.8 Å². The average molecular weight is 234 g/mol. The van der Waals surface area contributed by atoms with Crippen LogP contribution in [0.4, 0.5) is 0 Å². The number of hydrogen-bond acceptors (Lipinski definition) is 2. The van der Waals surface area contributed by atoms with Crippen molar-refractivity contribution >= 4 is 5.91 Å². The summed E-state index contributed by atoms with van der Waals surface area (Å²) in [5.41, 5.74) is 0. The molecule has 0 saturated carbocycles. The number of carbonyl (C=O) groups excluding carboxylic acids is 1. The summed E-state index contributed by atoms with van der Waals surface area (Å²) < 4.78 is 0. The molecule has 0 spiro atoms. The summed E-state index contributed by atoms with van der Waals surface area (Å²) in [6.07, 6.45) is 6.43. The van der Waals surface area contributed by atoms with Crippen LogP contribution in [-0.4, -0.2) is 24.5 Å². The van der Waals surface area contributed by atoms with Crippen molar-refractivity contribution < 1.29 is 4.79 Å². The Hall–Kier alpha value is -1.01. The molecule has 17 heavy (non-hydrogen) atoms. The zero-order valence-electron chi connectivity index (χ0n) is 10.6. The van der Waals surface area contributed by atoms with Crippen molar-refractivity contribution in [2.24, 2.45) is 5.92 Å². The molecule has 94 valence electrons. The second-order valence-corrected chi connectivity index (χ2v) is 5.21. The maximum Gasteiger partial charge on any atom is 0.220 e. The zero-order valence-corrected chi connectivity index (χ0v) is 10.6. The van der Waals surface area contributed by atoms with E-state index in [0.717, 1.165) is 6.42 Å². The van der Waals surface area contributed by atoms with Gasteiger partial charge in [0.05, 0.1) is 0 Å². The van der Waals surface area contributed by atoms with Crippen molar-refractivity contribution in [3.63, 3.8) is 0 Å². The van der Waals surface area contributed by atoms with E-state index < -0.39 is 0 Å². The fraction of sp³-hybridized carbons (Fsp3) is 0.786. The Morgan fingerprint density at radius 3 is 2.71 bits per heavy atom. The van der Waals surface area contributed by atoms with E-state index in [4.69, 9.17) is 0 Å². The van der Waals surface area contributed by atoms with Gasteiger partial charge >= 0.3 is 0 Å². The topological polar surface area (TPSA) is 41.1 Å². The van der Waals surface area contributed by atoms with Gasteiger partial charge in [0.2, 0.25) is 5.91 Å². The Morgan fingerprint density at radius 1 is 1.35 bits per heavy atom. The van der Waals surface area contributed by atoms with Gasteiger partial charge in [-0.3, -0.25) is 4.79 Å². The van der Waals surface area contributed by atoms with Crippen LogP contribution in [0.15, 0.2) is 0 Å². The third-order valence-corrected chi connectivity index (χ3v) is 3.79. The minimum atomic E-state index is 0.203. The van der Waals surface area contributed by atoms with Crippen LogP contribution in [0, 0.1) is 17.8 Å². The van der Waals surface area contributed by atoms with Gasteiger partial charge in [-0.1, -0.05) is 0 Å². The number of carbonyl (C=O) groups is 1. The highest BCUT2D eigenvalue weighted by atomic mass is 16.1. The fourth-order valence-corrected chi connectivity index (χ4v) is 3.07. The van der Waals surface area contributed by atoms with E-state index in [2.05, 4.69) is 22.5 Å². The van der Waals surface area contributed by atoms with Crippen LogP contribution >= 0.6 is 0 Å². The number of nitrogens with one attached hydrogen (secondary N) is 2. The second kappa shape index (κ2) is 6.07. The van der Waals surface area contributed by atoms with E-state index in [0.29, 0.717) is 31.0 Å². The van der Waals surface area contributed by atoms with Gasteiger partial charge in [-0.25, -0.2) is 0 Å². The quantitative estimate of drug-likeness (QED) is 0.571. The summed E-state index contributed by atoms with van der Waals surface area (Å²) in [5, 5.41) is 6.56. The summed E-state index contributed by atoms with van der Waals surface area (Å²) in [7, 11) is 0. The molecule has 2 aliphatic heterocycles. The molecule has 2 atom stereocenters. The molecule has 2 unspecified atom stereocenters. The lowest BCUT2D eigenvalue weighted by atomic mass is 9.89. The van der Waals surface area contributed by atoms with E-state index >= 15 is 0 Å². The van der Waals surface area contributed by atoms with Gasteiger partial charge in [0.1, 0.15) is 0 Å². The molecule has 0 aromatic carbocycles. The first-order chi connectivity index (χ1) is 8.28. The lowest BCUT2D eigenvalue weighted by Crippen LogP contribution is -2.39. The third-order valence-electron chi connectivity index (χ3n) is 3.79. The Morgan fingerprint density at radius 2 is 2.06 bits per heavy atom. The lowest BCUT2D eigenvalue weighted by Gasteiger charge is -2.28. The molecule has 0 aromatic rings. The molecule has 2 heterocycles. The predicted molar refractivity (Wildman–Crippen MR) is 68.4 cm³/mol. The van der Waals surface area contributed by atoms with Gasteiger partial charge in [-0.2, -0.15) is 0 Å². The highest BCUT2D eigenvalue weighted by molar-refractivity contribution is 5.76. The molecule has 3 heteroatoms. The van der Waals surface area contributed by atoms with E-state index in [1.54, 1.807) is 0 Å². The number of fused-ring (bicyclic) bond motifs is 2. The van der Waals surface area contributed by atoms with Crippen molar-refractivity contribution in [3.05, 3.63) is 0 Å². The molecule has 2 N–H and O–H groups in total. The molecule has 0 radical (unpaired) electrons. The Labute approximate surface area is 104 Å². The van der Waals surface area contributed by atoms with Gasteiger partial charge in [-0.05, 0) is 38.5 Å². The Bertz CT molecular complexity index is 317. The average Bonchev–Trinajstić information content (AvgIpc) is 2.64. The number of hydrogen-bond donors (Lipinski definition) is 2. The van der Waals surface area contributed by atoms with E-state index in [9.17, 15) is 4.79 Å². The number of piperidine rings is 1. The third kappa shape index (κ3) is 3.74. The Balaban J connectivity index is 1.66. The summed E-state index contributed by atoms with van der Waals surface area (Å²) in [6.45, 7) is 2.52. The standard InChI is InChI=1S/C14H22N2O/c1-2-3-4-7-15-14(17)10-11-8-12-5-6-13(9-11)16-12/h11-13,16H,4-10H2,1H3,(H,15,17). The predicted octanol–water partition coefficient (Wildman–Crippen LogP) is 1.44. The molecule has 2 bridgehead atoms. The molecule has 2 fully saturated rings. The summed E-state index contributed by atoms with van der Waals surface area (Å²) in [6, 6.07) is 1.36. The van der Waals surface area contributed by atoms with Crippen molar-refractivity contribution in [1.29, 1.82) is 0 Å². The van der Waals surface area contributed by atoms with Gasteiger partial charge in [0.25, 0.3) is 0 Å². The molecule has 2 saturated heterocycles. The van der Waals surface area contributed by atoms with E-state index in [-0.39, 0.29) is 5.91 Å². The van der Waals surface area contributed by atoms with Crippen LogP contribution in [0.1, 0.15) is 45.4 Å². The largest absolute Gasteiger partial charge is 0.355 e. The molecular formula is C14H22N2O. The van der Waals surface area contributed by atoms with Crippen LogP contribution in [0.5, 0.6) is 0 Å². The highest BCUT2D eigenvalue weighted by Gasteiger charge is 2.33. The first kappa shape index (κ1) is 12.4. The van der Waals surface area contributed by atoms with Crippen LogP contribution in [-0.2, 0) is 4.79 Å². The van der Waals surface area contributed by atoms with Crippen LogP contribution in [0.3, 0.4) is 0 Å². The van der Waals surface area contributed by atoms with Gasteiger partial charge in [0.15, 0.2) is 0 Å². The summed E-state index contributed by atoms with van der Waals surface area (Å²) in [4.78, 5) is 11.7.